The largest absolute Gasteiger partial charge is 0.370 e. The quantitative estimate of drug-likeness (QED) is 0.0186. The normalized spacial score (nSPS) is 12.0. The van der Waals surface area contributed by atoms with Crippen molar-refractivity contribution in [3.63, 3.8) is 0 Å². The molecule has 0 spiro atoms. The van der Waals surface area contributed by atoms with Crippen LogP contribution in [0.1, 0.15) is 213 Å². The summed E-state index contributed by atoms with van der Waals surface area (Å²) in [5, 5.41) is 12.8. The van der Waals surface area contributed by atoms with Gasteiger partial charge in [-0.1, -0.05) is 167 Å². The Bertz CT molecular complexity index is 820. The lowest BCUT2D eigenvalue weighted by Crippen LogP contribution is -2.43. The summed E-state index contributed by atoms with van der Waals surface area (Å²) in [5.41, 5.74) is 11.3. The average molecular weight is 719 g/mol. The monoisotopic (exact) mass is 719 g/mol. The van der Waals surface area contributed by atoms with Gasteiger partial charge in [0.25, 0.3) is 0 Å². The molecule has 8 heteroatoms. The van der Waals surface area contributed by atoms with E-state index in [1.807, 2.05) is 0 Å². The van der Waals surface area contributed by atoms with Crippen LogP contribution in [0, 0.1) is 5.41 Å². The van der Waals surface area contributed by atoms with Crippen LogP contribution in [0.15, 0.2) is 12.2 Å². The highest BCUT2D eigenvalue weighted by Crippen LogP contribution is 2.14. The van der Waals surface area contributed by atoms with E-state index in [9.17, 15) is 9.59 Å². The van der Waals surface area contributed by atoms with Gasteiger partial charge in [-0.05, 0) is 51.4 Å². The van der Waals surface area contributed by atoms with Crippen molar-refractivity contribution in [3.05, 3.63) is 12.2 Å². The van der Waals surface area contributed by atoms with Gasteiger partial charge in [0, 0.05) is 32.6 Å². The van der Waals surface area contributed by atoms with Gasteiger partial charge in [-0.3, -0.25) is 15.0 Å². The third kappa shape index (κ3) is 36.1. The highest BCUT2D eigenvalue weighted by molar-refractivity contribution is 5.82. The molecule has 8 nitrogen and oxygen atoms in total. The van der Waals surface area contributed by atoms with Crippen LogP contribution in [0.2, 0.25) is 0 Å². The first-order valence-corrected chi connectivity index (χ1v) is 22.0. The predicted octanol–water partition coefficient (Wildman–Crippen LogP) is 10.4. The number of hydrogen-bond acceptors (Lipinski definition) is 4. The van der Waals surface area contributed by atoms with Crippen LogP contribution >= 0.6 is 0 Å². The molecule has 0 aliphatic rings. The molecular formula is C43H86N6O2. The fourth-order valence-electron chi connectivity index (χ4n) is 6.67. The summed E-state index contributed by atoms with van der Waals surface area (Å²) in [7, 11) is 0. The van der Waals surface area contributed by atoms with Crippen LogP contribution in [0.5, 0.6) is 0 Å². The van der Waals surface area contributed by atoms with Gasteiger partial charge in [0.1, 0.15) is 0 Å². The minimum absolute atomic E-state index is 0.0811. The Hall–Kier alpha value is -2.09. The highest BCUT2D eigenvalue weighted by Gasteiger charge is 2.16. The number of guanidine groups is 1. The molecule has 300 valence electrons. The van der Waals surface area contributed by atoms with E-state index >= 15 is 0 Å². The summed E-state index contributed by atoms with van der Waals surface area (Å²) in [4.78, 5) is 27.7. The van der Waals surface area contributed by atoms with Crippen LogP contribution in [0.4, 0.5) is 0 Å². The number of nitrogens with two attached hydrogens (primary N) is 2. The lowest BCUT2D eigenvalue weighted by molar-refractivity contribution is -0.131. The molecule has 1 atom stereocenters. The van der Waals surface area contributed by atoms with Crippen molar-refractivity contribution in [1.82, 2.24) is 15.5 Å². The Morgan fingerprint density at radius 2 is 0.961 bits per heavy atom. The van der Waals surface area contributed by atoms with Gasteiger partial charge >= 0.3 is 0 Å². The zero-order valence-corrected chi connectivity index (χ0v) is 33.9. The first-order chi connectivity index (χ1) is 24.9. The topological polar surface area (TPSA) is 137 Å². The molecule has 0 aliphatic carbocycles. The van der Waals surface area contributed by atoms with Crippen molar-refractivity contribution in [2.45, 2.75) is 219 Å². The molecule has 0 aliphatic heterocycles. The molecule has 2 amide bonds. The average Bonchev–Trinajstić information content (AvgIpc) is 3.12. The van der Waals surface area contributed by atoms with Gasteiger partial charge in [-0.2, -0.15) is 0 Å². The van der Waals surface area contributed by atoms with Crippen LogP contribution in [-0.4, -0.2) is 54.9 Å². The number of nitrogens with zero attached hydrogens (tertiary/aromatic N) is 1. The standard InChI is InChI=1S/C43H86N6O2/c1-3-5-7-9-11-13-15-17-19-20-22-24-26-28-30-32-39-49(38-31-29-27-25-23-21-18-16-14-12-10-8-6-4-2)41(50)35-37-47-42(51)40(44)34-33-36-48-43(45)46/h17,19,40H,3-16,18,20-39,44H2,1-2H3,(H,47,51)(H4,45,46,48)/b19-17-/t40-/m0/s1. The zero-order chi connectivity index (χ0) is 37.5. The molecule has 0 aromatic heterocycles. The van der Waals surface area contributed by atoms with Gasteiger partial charge in [-0.15, -0.1) is 0 Å². The van der Waals surface area contributed by atoms with E-state index in [-0.39, 0.29) is 17.8 Å². The maximum Gasteiger partial charge on any atom is 0.236 e. The second-order valence-corrected chi connectivity index (χ2v) is 15.0. The number of rotatable bonds is 39. The smallest absolute Gasteiger partial charge is 0.236 e. The Kier molecular flexibility index (Phi) is 37.5. The molecule has 0 saturated carbocycles. The third-order valence-corrected chi connectivity index (χ3v) is 10.1. The molecule has 0 saturated heterocycles. The number of carbonyl (C=O) groups excluding carboxylic acids is 2. The fraction of sp³-hybridized carbons (Fsp3) is 0.884. The number of nitrogens with one attached hydrogen (secondary N) is 3. The van der Waals surface area contributed by atoms with E-state index < -0.39 is 6.04 Å². The summed E-state index contributed by atoms with van der Waals surface area (Å²) in [6.07, 6.45) is 42.8. The van der Waals surface area contributed by atoms with Gasteiger partial charge in [-0.25, -0.2) is 0 Å². The second-order valence-electron chi connectivity index (χ2n) is 15.0. The van der Waals surface area contributed by atoms with Crippen LogP contribution in [-0.2, 0) is 9.59 Å². The lowest BCUT2D eigenvalue weighted by atomic mass is 10.0. The summed E-state index contributed by atoms with van der Waals surface area (Å²) < 4.78 is 0. The number of hydrogen-bond donors (Lipinski definition) is 5. The molecule has 51 heavy (non-hydrogen) atoms. The first-order valence-electron chi connectivity index (χ1n) is 22.0. The van der Waals surface area contributed by atoms with E-state index in [2.05, 4.69) is 41.5 Å². The molecule has 0 fully saturated rings. The molecule has 0 radical (unpaired) electrons. The van der Waals surface area contributed by atoms with Gasteiger partial charge in [0.05, 0.1) is 6.04 Å². The Balaban J connectivity index is 4.29. The Morgan fingerprint density at radius 1 is 0.569 bits per heavy atom. The molecule has 0 unspecified atom stereocenters. The van der Waals surface area contributed by atoms with Crippen molar-refractivity contribution in [2.75, 3.05) is 26.2 Å². The molecule has 0 bridgehead atoms. The Morgan fingerprint density at radius 3 is 1.37 bits per heavy atom. The SMILES string of the molecule is CCCCCCCC/C=C\CCCCCCCCN(CCCCCCCCCCCCCCCC)C(=O)CCNC(=O)[C@@H](N)CCCNC(=N)N. The summed E-state index contributed by atoms with van der Waals surface area (Å²) in [5.74, 6) is -0.170. The van der Waals surface area contributed by atoms with Gasteiger partial charge in [0.15, 0.2) is 5.96 Å². The van der Waals surface area contributed by atoms with Crippen LogP contribution in [0.3, 0.4) is 0 Å². The molecule has 7 N–H and O–H groups in total. The number of carbonyl (C=O) groups is 2. The summed E-state index contributed by atoms with van der Waals surface area (Å²) in [6, 6.07) is -0.623. The minimum Gasteiger partial charge on any atom is -0.370 e. The van der Waals surface area contributed by atoms with Crippen molar-refractivity contribution in [3.8, 4) is 0 Å². The second kappa shape index (κ2) is 39.1. The van der Waals surface area contributed by atoms with Crippen LogP contribution in [0.25, 0.3) is 0 Å². The van der Waals surface area contributed by atoms with Crippen molar-refractivity contribution >= 4 is 17.8 Å². The highest BCUT2D eigenvalue weighted by atomic mass is 16.2. The van der Waals surface area contributed by atoms with E-state index in [0.29, 0.717) is 32.4 Å². The molecule has 0 aromatic carbocycles. The van der Waals surface area contributed by atoms with Crippen LogP contribution < -0.4 is 22.1 Å². The number of amides is 2. The van der Waals surface area contributed by atoms with E-state index in [0.717, 1.165) is 25.9 Å². The summed E-state index contributed by atoms with van der Waals surface area (Å²) >= 11 is 0. The van der Waals surface area contributed by atoms with Crippen molar-refractivity contribution < 1.29 is 9.59 Å². The van der Waals surface area contributed by atoms with Gasteiger partial charge in [0.2, 0.25) is 11.8 Å². The van der Waals surface area contributed by atoms with Crippen molar-refractivity contribution in [2.24, 2.45) is 11.5 Å². The van der Waals surface area contributed by atoms with E-state index in [4.69, 9.17) is 16.9 Å². The van der Waals surface area contributed by atoms with E-state index in [1.54, 1.807) is 0 Å². The number of unbranched alkanes of at least 4 members (excludes halogenated alkanes) is 25. The molecule has 0 aromatic rings. The van der Waals surface area contributed by atoms with Crippen molar-refractivity contribution in [1.29, 1.82) is 5.41 Å². The van der Waals surface area contributed by atoms with E-state index in [1.165, 1.54) is 167 Å². The maximum atomic E-state index is 13.2. The zero-order valence-electron chi connectivity index (χ0n) is 33.9. The molecule has 0 rings (SSSR count). The maximum absolute atomic E-state index is 13.2. The molecule has 0 heterocycles. The third-order valence-electron chi connectivity index (χ3n) is 10.1. The first kappa shape index (κ1) is 48.9. The Labute approximate surface area is 316 Å². The summed E-state index contributed by atoms with van der Waals surface area (Å²) in [6.45, 7) is 7.02. The lowest BCUT2D eigenvalue weighted by Gasteiger charge is -2.23. The predicted molar refractivity (Wildman–Crippen MR) is 221 cm³/mol. The minimum atomic E-state index is -0.623. The fourth-order valence-corrected chi connectivity index (χ4v) is 6.67. The molecular weight excluding hydrogens is 633 g/mol. The number of allylic oxidation sites excluding steroid dienone is 2. The van der Waals surface area contributed by atoms with Gasteiger partial charge < -0.3 is 27.0 Å².